The highest BCUT2D eigenvalue weighted by atomic mass is 16.5. The minimum absolute atomic E-state index is 0.0381. The van der Waals surface area contributed by atoms with Crippen molar-refractivity contribution in [1.82, 2.24) is 10.3 Å². The highest BCUT2D eigenvalue weighted by Gasteiger charge is 2.27. The zero-order chi connectivity index (χ0) is 18.5. The maximum absolute atomic E-state index is 12.3. The number of aryl methyl sites for hydroxylation is 1. The second-order valence-electron chi connectivity index (χ2n) is 5.97. The highest BCUT2D eigenvalue weighted by Crippen LogP contribution is 2.33. The van der Waals surface area contributed by atoms with E-state index in [2.05, 4.69) is 10.3 Å². The summed E-state index contributed by atoms with van der Waals surface area (Å²) in [5.74, 6) is 0.417. The molecular weight excluding hydrogens is 338 g/mol. The Morgan fingerprint density at radius 1 is 1.42 bits per heavy atom. The summed E-state index contributed by atoms with van der Waals surface area (Å²) in [4.78, 5) is 30.0. The van der Waals surface area contributed by atoms with Gasteiger partial charge in [-0.05, 0) is 31.0 Å². The van der Waals surface area contributed by atoms with Gasteiger partial charge < -0.3 is 19.2 Å². The fourth-order valence-corrected chi connectivity index (χ4v) is 2.62. The number of benzene rings is 1. The number of nitrogens with one attached hydrogen (secondary N) is 1. The van der Waals surface area contributed by atoms with Crippen LogP contribution in [-0.4, -0.2) is 43.7 Å². The fraction of sp³-hybridized carbons (Fsp3) is 0.389. The van der Waals surface area contributed by atoms with Crippen LogP contribution in [0.25, 0.3) is 0 Å². The monoisotopic (exact) mass is 359 g/mol. The number of rotatable bonds is 7. The molecule has 8 heteroatoms. The van der Waals surface area contributed by atoms with Gasteiger partial charge in [-0.2, -0.15) is 0 Å². The molecule has 0 atom stereocenters. The van der Waals surface area contributed by atoms with Gasteiger partial charge in [0.1, 0.15) is 18.6 Å². The van der Waals surface area contributed by atoms with Crippen molar-refractivity contribution in [2.24, 2.45) is 0 Å². The van der Waals surface area contributed by atoms with Crippen molar-refractivity contribution < 1.29 is 23.5 Å². The van der Waals surface area contributed by atoms with Gasteiger partial charge in [0.15, 0.2) is 12.3 Å². The minimum atomic E-state index is -0.319. The first kappa shape index (κ1) is 17.9. The van der Waals surface area contributed by atoms with Crippen molar-refractivity contribution in [3.8, 4) is 5.75 Å². The Morgan fingerprint density at radius 3 is 3.08 bits per heavy atom. The number of methoxy groups -OCH3 is 1. The zero-order valence-electron chi connectivity index (χ0n) is 14.8. The summed E-state index contributed by atoms with van der Waals surface area (Å²) in [7, 11) is 1.61. The molecular formula is C18H21N3O5. The van der Waals surface area contributed by atoms with E-state index in [0.29, 0.717) is 31.0 Å². The molecule has 0 saturated carbocycles. The quantitative estimate of drug-likeness (QED) is 0.756. The van der Waals surface area contributed by atoms with Crippen molar-refractivity contribution in [3.05, 3.63) is 41.6 Å². The van der Waals surface area contributed by atoms with E-state index in [-0.39, 0.29) is 36.6 Å². The van der Waals surface area contributed by atoms with Gasteiger partial charge >= 0.3 is 0 Å². The van der Waals surface area contributed by atoms with Crippen molar-refractivity contribution in [1.29, 1.82) is 0 Å². The molecule has 3 rings (SSSR count). The molecule has 1 N–H and O–H groups in total. The van der Waals surface area contributed by atoms with E-state index in [1.165, 1.54) is 6.26 Å². The lowest BCUT2D eigenvalue weighted by molar-refractivity contribution is -0.121. The van der Waals surface area contributed by atoms with Crippen LogP contribution >= 0.6 is 0 Å². The van der Waals surface area contributed by atoms with Crippen molar-refractivity contribution >= 4 is 17.5 Å². The highest BCUT2D eigenvalue weighted by molar-refractivity contribution is 5.97. The Balaban J connectivity index is 1.68. The Kier molecular flexibility index (Phi) is 5.52. The van der Waals surface area contributed by atoms with Crippen LogP contribution in [0.1, 0.15) is 28.4 Å². The molecule has 8 nitrogen and oxygen atoms in total. The molecule has 138 valence electrons. The predicted molar refractivity (Wildman–Crippen MR) is 93.2 cm³/mol. The lowest BCUT2D eigenvalue weighted by Crippen LogP contribution is -2.38. The average Bonchev–Trinajstić information content (AvgIpc) is 3.10. The fourth-order valence-electron chi connectivity index (χ4n) is 2.62. The Bertz CT molecular complexity index is 802. The summed E-state index contributed by atoms with van der Waals surface area (Å²) in [5, 5.41) is 2.74. The van der Waals surface area contributed by atoms with E-state index in [4.69, 9.17) is 13.9 Å². The van der Waals surface area contributed by atoms with E-state index in [9.17, 15) is 9.59 Å². The van der Waals surface area contributed by atoms with Gasteiger partial charge in [0.25, 0.3) is 11.8 Å². The molecule has 0 aliphatic carbocycles. The van der Waals surface area contributed by atoms with Crippen LogP contribution in [0.2, 0.25) is 0 Å². The van der Waals surface area contributed by atoms with Gasteiger partial charge in [-0.15, -0.1) is 0 Å². The Labute approximate surface area is 151 Å². The average molecular weight is 359 g/mol. The van der Waals surface area contributed by atoms with E-state index < -0.39 is 0 Å². The van der Waals surface area contributed by atoms with Crippen LogP contribution in [0.5, 0.6) is 5.75 Å². The van der Waals surface area contributed by atoms with Crippen LogP contribution in [0.4, 0.5) is 5.69 Å². The van der Waals surface area contributed by atoms with Crippen LogP contribution in [0, 0.1) is 6.92 Å². The van der Waals surface area contributed by atoms with Crippen LogP contribution in [-0.2, 0) is 16.1 Å². The topological polar surface area (TPSA) is 93.9 Å². The predicted octanol–water partition coefficient (Wildman–Crippen LogP) is 1.67. The number of hydrogen-bond acceptors (Lipinski definition) is 6. The number of oxazole rings is 1. The number of carbonyl (C=O) groups excluding carboxylic acids is 2. The van der Waals surface area contributed by atoms with Gasteiger partial charge in [-0.1, -0.05) is 6.07 Å². The molecule has 0 spiro atoms. The molecule has 2 aromatic rings. The van der Waals surface area contributed by atoms with E-state index in [1.54, 1.807) is 12.0 Å². The second-order valence-corrected chi connectivity index (χ2v) is 5.97. The minimum Gasteiger partial charge on any atom is -0.482 e. The molecule has 1 aliphatic heterocycles. The largest absolute Gasteiger partial charge is 0.482 e. The maximum atomic E-state index is 12.3. The molecule has 2 amide bonds. The first-order chi connectivity index (χ1) is 12.6. The Hall–Kier alpha value is -2.87. The number of amides is 2. The number of anilines is 1. The van der Waals surface area contributed by atoms with E-state index >= 15 is 0 Å². The number of nitrogens with zero attached hydrogens (tertiary/aromatic N) is 2. The van der Waals surface area contributed by atoms with E-state index in [1.807, 2.05) is 25.1 Å². The normalized spacial score (nSPS) is 13.3. The number of hydrogen-bond donors (Lipinski definition) is 1. The lowest BCUT2D eigenvalue weighted by Gasteiger charge is -2.28. The lowest BCUT2D eigenvalue weighted by atomic mass is 10.1. The standard InChI is InChI=1S/C18H21N3O5/c1-12-4-5-15-14(8-12)21(17(22)11-25-15)9-16-20-13(10-26-16)18(23)19-6-3-7-24-2/h4-5,8,10H,3,6-7,9,11H2,1-2H3,(H,19,23). The van der Waals surface area contributed by atoms with E-state index in [0.717, 1.165) is 5.56 Å². The summed E-state index contributed by atoms with van der Waals surface area (Å²) in [5.41, 5.74) is 1.86. The SMILES string of the molecule is COCCCNC(=O)c1coc(CN2C(=O)COc3ccc(C)cc32)n1. The van der Waals surface area contributed by atoms with Crippen molar-refractivity contribution in [2.45, 2.75) is 19.9 Å². The number of fused-ring (bicyclic) bond motifs is 1. The molecule has 0 radical (unpaired) electrons. The third kappa shape index (κ3) is 4.02. The molecule has 2 heterocycles. The molecule has 0 bridgehead atoms. The molecule has 0 fully saturated rings. The molecule has 1 aromatic heterocycles. The van der Waals surface area contributed by atoms with Crippen molar-refractivity contribution in [2.75, 3.05) is 31.8 Å². The number of carbonyl (C=O) groups is 2. The molecule has 0 saturated heterocycles. The van der Waals surface area contributed by atoms with Crippen LogP contribution in [0.3, 0.4) is 0 Å². The molecule has 1 aliphatic rings. The van der Waals surface area contributed by atoms with Gasteiger partial charge in [-0.25, -0.2) is 4.98 Å². The smallest absolute Gasteiger partial charge is 0.273 e. The maximum Gasteiger partial charge on any atom is 0.273 e. The van der Waals surface area contributed by atoms with Crippen molar-refractivity contribution in [3.63, 3.8) is 0 Å². The first-order valence-electron chi connectivity index (χ1n) is 8.34. The third-order valence-electron chi connectivity index (χ3n) is 3.95. The summed E-state index contributed by atoms with van der Waals surface area (Å²) in [6.07, 6.45) is 2.01. The Morgan fingerprint density at radius 2 is 2.27 bits per heavy atom. The summed E-state index contributed by atoms with van der Waals surface area (Å²) in [6, 6.07) is 5.63. The zero-order valence-corrected chi connectivity index (χ0v) is 14.8. The second kappa shape index (κ2) is 8.01. The summed E-state index contributed by atoms with van der Waals surface area (Å²) in [6.45, 7) is 3.10. The number of aromatic nitrogens is 1. The van der Waals surface area contributed by atoms with Gasteiger partial charge in [0.05, 0.1) is 5.69 Å². The van der Waals surface area contributed by atoms with Gasteiger partial charge in [0, 0.05) is 20.3 Å². The van der Waals surface area contributed by atoms with Gasteiger partial charge in [-0.3, -0.25) is 14.5 Å². The first-order valence-corrected chi connectivity index (χ1v) is 8.34. The molecule has 1 aromatic carbocycles. The summed E-state index contributed by atoms with van der Waals surface area (Å²) >= 11 is 0. The van der Waals surface area contributed by atoms with Crippen LogP contribution in [0.15, 0.2) is 28.9 Å². The van der Waals surface area contributed by atoms with Crippen LogP contribution < -0.4 is 15.0 Å². The molecule has 0 unspecified atom stereocenters. The molecule has 26 heavy (non-hydrogen) atoms. The number of ether oxygens (including phenoxy) is 2. The van der Waals surface area contributed by atoms with Gasteiger partial charge in [0.2, 0.25) is 5.89 Å². The third-order valence-corrected chi connectivity index (χ3v) is 3.95. The summed E-state index contributed by atoms with van der Waals surface area (Å²) < 4.78 is 15.8.